The van der Waals surface area contributed by atoms with Crippen LogP contribution in [0.25, 0.3) is 0 Å². The van der Waals surface area contributed by atoms with Gasteiger partial charge in [0.15, 0.2) is 5.96 Å². The predicted octanol–water partition coefficient (Wildman–Crippen LogP) is 1.94. The van der Waals surface area contributed by atoms with E-state index in [4.69, 9.17) is 15.6 Å². The summed E-state index contributed by atoms with van der Waals surface area (Å²) in [6, 6.07) is 6.30. The minimum absolute atomic E-state index is 0.0561. The lowest BCUT2D eigenvalue weighted by Gasteiger charge is -2.14. The molecule has 0 saturated carbocycles. The number of nitrogens with zero attached hydrogens (tertiary/aromatic N) is 1. The van der Waals surface area contributed by atoms with Crippen molar-refractivity contribution in [3.05, 3.63) is 29.3 Å². The fraction of sp³-hybridized carbons (Fsp3) is 0.562. The molecule has 0 aliphatic carbocycles. The summed E-state index contributed by atoms with van der Waals surface area (Å²) in [5.41, 5.74) is 9.53. The number of anilines is 1. The lowest BCUT2D eigenvalue weighted by molar-refractivity contribution is 0.0918. The van der Waals surface area contributed by atoms with Crippen LogP contribution in [0, 0.1) is 0 Å². The molecule has 0 unspecified atom stereocenters. The van der Waals surface area contributed by atoms with E-state index < -0.39 is 0 Å². The number of hydrogen-bond donors (Lipinski definition) is 3. The lowest BCUT2D eigenvalue weighted by atomic mass is 10.0. The van der Waals surface area contributed by atoms with Gasteiger partial charge in [0.1, 0.15) is 0 Å². The SMILES string of the molecule is CCc1cccc(CC)c1NC(N)=NCCCOCCO. The van der Waals surface area contributed by atoms with Crippen LogP contribution in [0.1, 0.15) is 31.4 Å². The highest BCUT2D eigenvalue weighted by molar-refractivity contribution is 5.93. The minimum atomic E-state index is 0.0561. The maximum absolute atomic E-state index is 8.59. The lowest BCUT2D eigenvalue weighted by Crippen LogP contribution is -2.24. The van der Waals surface area contributed by atoms with Gasteiger partial charge < -0.3 is 20.9 Å². The Kier molecular flexibility index (Phi) is 8.47. The minimum Gasteiger partial charge on any atom is -0.394 e. The fourth-order valence-corrected chi connectivity index (χ4v) is 2.10. The maximum atomic E-state index is 8.59. The Morgan fingerprint density at radius 2 is 1.90 bits per heavy atom. The average molecular weight is 293 g/mol. The third-order valence-corrected chi connectivity index (χ3v) is 3.22. The molecule has 0 aliphatic heterocycles. The number of nitrogens with two attached hydrogens (primary N) is 1. The summed E-state index contributed by atoms with van der Waals surface area (Å²) >= 11 is 0. The molecule has 0 heterocycles. The summed E-state index contributed by atoms with van der Waals surface area (Å²) in [7, 11) is 0. The highest BCUT2D eigenvalue weighted by Gasteiger charge is 2.06. The van der Waals surface area contributed by atoms with Crippen LogP contribution in [-0.4, -0.2) is 37.4 Å². The van der Waals surface area contributed by atoms with Crippen LogP contribution in [0.3, 0.4) is 0 Å². The van der Waals surface area contributed by atoms with Gasteiger partial charge in [0.2, 0.25) is 0 Å². The van der Waals surface area contributed by atoms with Crippen molar-refractivity contribution in [2.24, 2.45) is 10.7 Å². The van der Waals surface area contributed by atoms with E-state index in [2.05, 4.69) is 42.4 Å². The number of aliphatic hydroxyl groups is 1. The molecule has 0 radical (unpaired) electrons. The molecule has 5 heteroatoms. The van der Waals surface area contributed by atoms with Gasteiger partial charge in [-0.1, -0.05) is 32.0 Å². The van der Waals surface area contributed by atoms with E-state index in [9.17, 15) is 0 Å². The molecule has 1 aromatic carbocycles. The van der Waals surface area contributed by atoms with E-state index in [1.807, 2.05) is 0 Å². The number of benzene rings is 1. The van der Waals surface area contributed by atoms with Crippen molar-refractivity contribution >= 4 is 11.6 Å². The summed E-state index contributed by atoms with van der Waals surface area (Å²) in [6.45, 7) is 5.89. The van der Waals surface area contributed by atoms with Gasteiger partial charge in [0, 0.05) is 18.8 Å². The molecule has 0 amide bonds. The highest BCUT2D eigenvalue weighted by atomic mass is 16.5. The van der Waals surface area contributed by atoms with Crippen molar-refractivity contribution in [2.75, 3.05) is 31.7 Å². The molecule has 4 N–H and O–H groups in total. The number of rotatable bonds is 9. The normalized spacial score (nSPS) is 11.7. The number of ether oxygens (including phenoxy) is 1. The molecular formula is C16H27N3O2. The van der Waals surface area contributed by atoms with Crippen LogP contribution in [0.2, 0.25) is 0 Å². The topological polar surface area (TPSA) is 79.9 Å². The van der Waals surface area contributed by atoms with Gasteiger partial charge in [0.25, 0.3) is 0 Å². The Morgan fingerprint density at radius 3 is 2.48 bits per heavy atom. The van der Waals surface area contributed by atoms with Gasteiger partial charge in [-0.05, 0) is 30.4 Å². The summed E-state index contributed by atoms with van der Waals surface area (Å²) in [6.07, 6.45) is 2.70. The van der Waals surface area contributed by atoms with Crippen LogP contribution < -0.4 is 11.1 Å². The number of para-hydroxylation sites is 1. The summed E-state index contributed by atoms with van der Waals surface area (Å²) in [5.74, 6) is 0.438. The number of hydrogen-bond acceptors (Lipinski definition) is 3. The zero-order valence-electron chi connectivity index (χ0n) is 13.1. The predicted molar refractivity (Wildman–Crippen MR) is 87.8 cm³/mol. The van der Waals surface area contributed by atoms with Crippen LogP contribution in [-0.2, 0) is 17.6 Å². The van der Waals surface area contributed by atoms with Gasteiger partial charge >= 0.3 is 0 Å². The van der Waals surface area contributed by atoms with E-state index in [1.165, 1.54) is 11.1 Å². The van der Waals surface area contributed by atoms with Crippen molar-refractivity contribution in [1.82, 2.24) is 0 Å². The number of nitrogens with one attached hydrogen (secondary N) is 1. The Bertz CT molecular complexity index is 425. The van der Waals surface area contributed by atoms with E-state index in [-0.39, 0.29) is 6.61 Å². The number of aryl methyl sites for hydroxylation is 2. The van der Waals surface area contributed by atoms with E-state index in [1.54, 1.807) is 0 Å². The zero-order chi connectivity index (χ0) is 15.5. The average Bonchev–Trinajstić information content (AvgIpc) is 2.51. The fourth-order valence-electron chi connectivity index (χ4n) is 2.10. The molecule has 0 saturated heterocycles. The second-order valence-corrected chi connectivity index (χ2v) is 4.74. The molecule has 118 valence electrons. The van der Waals surface area contributed by atoms with E-state index in [0.29, 0.717) is 25.7 Å². The first kappa shape index (κ1) is 17.5. The molecule has 0 fully saturated rings. The van der Waals surface area contributed by atoms with Crippen molar-refractivity contribution in [3.63, 3.8) is 0 Å². The second kappa shape index (κ2) is 10.2. The molecule has 0 atom stereocenters. The molecule has 1 aromatic rings. The summed E-state index contributed by atoms with van der Waals surface area (Å²) < 4.78 is 5.18. The number of guanidine groups is 1. The molecule has 0 aliphatic rings. The summed E-state index contributed by atoms with van der Waals surface area (Å²) in [4.78, 5) is 4.31. The van der Waals surface area contributed by atoms with Gasteiger partial charge in [-0.25, -0.2) is 0 Å². The Hall–Kier alpha value is -1.59. The van der Waals surface area contributed by atoms with Crippen LogP contribution in [0.4, 0.5) is 5.69 Å². The van der Waals surface area contributed by atoms with E-state index >= 15 is 0 Å². The number of aliphatic hydroxyl groups excluding tert-OH is 1. The first-order chi connectivity index (χ1) is 10.2. The molecule has 0 bridgehead atoms. The highest BCUT2D eigenvalue weighted by Crippen LogP contribution is 2.22. The first-order valence-electron chi connectivity index (χ1n) is 7.59. The van der Waals surface area contributed by atoms with Gasteiger partial charge in [-0.3, -0.25) is 4.99 Å². The zero-order valence-corrected chi connectivity index (χ0v) is 13.1. The second-order valence-electron chi connectivity index (χ2n) is 4.74. The third-order valence-electron chi connectivity index (χ3n) is 3.22. The molecule has 21 heavy (non-hydrogen) atoms. The van der Waals surface area contributed by atoms with Crippen molar-refractivity contribution in [2.45, 2.75) is 33.1 Å². The summed E-state index contributed by atoms with van der Waals surface area (Å²) in [5, 5.41) is 11.8. The van der Waals surface area contributed by atoms with Crippen LogP contribution >= 0.6 is 0 Å². The quantitative estimate of drug-likeness (QED) is 0.369. The largest absolute Gasteiger partial charge is 0.394 e. The standard InChI is InChI=1S/C16H27N3O2/c1-3-13-7-5-8-14(4-2)15(13)19-16(17)18-9-6-11-21-12-10-20/h5,7-8,20H,3-4,6,9-12H2,1-2H3,(H3,17,18,19). The van der Waals surface area contributed by atoms with Crippen molar-refractivity contribution in [1.29, 1.82) is 0 Å². The molecule has 0 spiro atoms. The van der Waals surface area contributed by atoms with Crippen molar-refractivity contribution in [3.8, 4) is 0 Å². The Balaban J connectivity index is 2.55. The molecule has 5 nitrogen and oxygen atoms in total. The van der Waals surface area contributed by atoms with E-state index in [0.717, 1.165) is 24.9 Å². The van der Waals surface area contributed by atoms with Crippen LogP contribution in [0.15, 0.2) is 23.2 Å². The third kappa shape index (κ3) is 6.14. The maximum Gasteiger partial charge on any atom is 0.193 e. The first-order valence-corrected chi connectivity index (χ1v) is 7.59. The Labute approximate surface area is 127 Å². The van der Waals surface area contributed by atoms with Crippen molar-refractivity contribution < 1.29 is 9.84 Å². The van der Waals surface area contributed by atoms with Gasteiger partial charge in [-0.15, -0.1) is 0 Å². The number of aliphatic imine (C=N–C) groups is 1. The monoisotopic (exact) mass is 293 g/mol. The molecule has 1 rings (SSSR count). The van der Waals surface area contributed by atoms with Gasteiger partial charge in [-0.2, -0.15) is 0 Å². The molecular weight excluding hydrogens is 266 g/mol. The van der Waals surface area contributed by atoms with Crippen LogP contribution in [0.5, 0.6) is 0 Å². The Morgan fingerprint density at radius 1 is 1.24 bits per heavy atom. The molecule has 0 aromatic heterocycles. The van der Waals surface area contributed by atoms with Gasteiger partial charge in [0.05, 0.1) is 13.2 Å². The smallest absolute Gasteiger partial charge is 0.193 e.